The van der Waals surface area contributed by atoms with Crippen molar-refractivity contribution in [1.29, 1.82) is 0 Å². The van der Waals surface area contributed by atoms with Gasteiger partial charge in [0.2, 0.25) is 0 Å². The van der Waals surface area contributed by atoms with Crippen LogP contribution < -0.4 is 5.32 Å². The van der Waals surface area contributed by atoms with E-state index in [0.717, 1.165) is 11.4 Å². The molecule has 1 aliphatic heterocycles. The van der Waals surface area contributed by atoms with Crippen molar-refractivity contribution in [1.82, 2.24) is 15.1 Å². The third-order valence-electron chi connectivity index (χ3n) is 3.42. The maximum absolute atomic E-state index is 12.1. The summed E-state index contributed by atoms with van der Waals surface area (Å²) in [6.07, 6.45) is 1.34. The van der Waals surface area contributed by atoms with Gasteiger partial charge >= 0.3 is 12.0 Å². The molecule has 1 atom stereocenters. The molecule has 2 rings (SSSR count). The Hall–Kier alpha value is -2.05. The Morgan fingerprint density at radius 1 is 1.47 bits per heavy atom. The van der Waals surface area contributed by atoms with Crippen molar-refractivity contribution in [3.8, 4) is 0 Å². The minimum absolute atomic E-state index is 0.261. The molecule has 0 saturated carbocycles. The minimum Gasteiger partial charge on any atom is -0.481 e. The monoisotopic (exact) mass is 266 g/mol. The molecule has 3 N–H and O–H groups in total. The quantitative estimate of drug-likeness (QED) is 0.752. The molecule has 104 valence electrons. The number of anilines is 1. The van der Waals surface area contributed by atoms with Crippen molar-refractivity contribution < 1.29 is 14.7 Å². The van der Waals surface area contributed by atoms with Crippen molar-refractivity contribution in [2.24, 2.45) is 5.92 Å². The molecule has 2 amide bonds. The van der Waals surface area contributed by atoms with Gasteiger partial charge in [-0.25, -0.2) is 4.79 Å². The van der Waals surface area contributed by atoms with Gasteiger partial charge in [-0.05, 0) is 26.7 Å². The van der Waals surface area contributed by atoms with Crippen molar-refractivity contribution in [3.05, 3.63) is 11.4 Å². The van der Waals surface area contributed by atoms with Crippen LogP contribution in [-0.2, 0) is 4.79 Å². The Kier molecular flexibility index (Phi) is 3.73. The highest BCUT2D eigenvalue weighted by atomic mass is 16.4. The Balaban J connectivity index is 2.02. The summed E-state index contributed by atoms with van der Waals surface area (Å²) < 4.78 is 0. The van der Waals surface area contributed by atoms with E-state index < -0.39 is 11.9 Å². The third-order valence-corrected chi connectivity index (χ3v) is 3.42. The zero-order valence-corrected chi connectivity index (χ0v) is 11.1. The SMILES string of the molecule is Cc1n[nH]c(C)c1NC(=O)N1CCC[C@H](C(=O)O)C1. The number of aliphatic carboxylic acids is 1. The molecule has 0 bridgehead atoms. The number of hydrogen-bond donors (Lipinski definition) is 3. The van der Waals surface area contributed by atoms with Crippen molar-refractivity contribution in [2.75, 3.05) is 18.4 Å². The number of carbonyl (C=O) groups excluding carboxylic acids is 1. The number of aromatic nitrogens is 2. The number of urea groups is 1. The number of nitrogens with one attached hydrogen (secondary N) is 2. The molecule has 0 aromatic carbocycles. The number of carboxylic acid groups (broad SMARTS) is 1. The number of carboxylic acids is 1. The van der Waals surface area contributed by atoms with E-state index in [4.69, 9.17) is 5.11 Å². The molecule has 1 fully saturated rings. The van der Waals surface area contributed by atoms with Gasteiger partial charge in [0.05, 0.1) is 23.0 Å². The van der Waals surface area contributed by atoms with E-state index in [1.807, 2.05) is 6.92 Å². The number of aryl methyl sites for hydroxylation is 2. The zero-order valence-electron chi connectivity index (χ0n) is 11.1. The average Bonchev–Trinajstić information content (AvgIpc) is 2.70. The molecule has 1 aromatic heterocycles. The van der Waals surface area contributed by atoms with Crippen LogP contribution in [0.25, 0.3) is 0 Å². The van der Waals surface area contributed by atoms with E-state index in [1.165, 1.54) is 0 Å². The molecule has 0 unspecified atom stereocenters. The number of carbonyl (C=O) groups is 2. The third kappa shape index (κ3) is 2.86. The molecule has 0 radical (unpaired) electrons. The fourth-order valence-electron chi connectivity index (χ4n) is 2.28. The van der Waals surface area contributed by atoms with Gasteiger partial charge in [-0.15, -0.1) is 0 Å². The first-order valence-electron chi connectivity index (χ1n) is 6.29. The summed E-state index contributed by atoms with van der Waals surface area (Å²) in [6.45, 7) is 4.48. The van der Waals surface area contributed by atoms with Gasteiger partial charge in [0.25, 0.3) is 0 Å². The lowest BCUT2D eigenvalue weighted by molar-refractivity contribution is -0.143. The van der Waals surface area contributed by atoms with E-state index in [1.54, 1.807) is 11.8 Å². The number of aromatic amines is 1. The van der Waals surface area contributed by atoms with E-state index in [0.29, 0.717) is 25.1 Å². The predicted octanol–water partition coefficient (Wildman–Crippen LogP) is 1.36. The Morgan fingerprint density at radius 2 is 2.21 bits per heavy atom. The molecule has 7 nitrogen and oxygen atoms in total. The van der Waals surface area contributed by atoms with Crippen LogP contribution >= 0.6 is 0 Å². The number of H-pyrrole nitrogens is 1. The summed E-state index contributed by atoms with van der Waals surface area (Å²) in [5, 5.41) is 18.6. The first-order chi connectivity index (χ1) is 8.99. The molecular weight excluding hydrogens is 248 g/mol. The minimum atomic E-state index is -0.840. The first kappa shape index (κ1) is 13.4. The maximum Gasteiger partial charge on any atom is 0.321 e. The van der Waals surface area contributed by atoms with E-state index >= 15 is 0 Å². The Morgan fingerprint density at radius 3 is 2.79 bits per heavy atom. The Bertz CT molecular complexity index is 478. The standard InChI is InChI=1S/C12H18N4O3/c1-7-10(8(2)15-14-7)13-12(19)16-5-3-4-9(6-16)11(17)18/h9H,3-6H2,1-2H3,(H,13,19)(H,14,15)(H,17,18)/t9-/m0/s1. The average molecular weight is 266 g/mol. The van der Waals surface area contributed by atoms with Crippen LogP contribution in [0, 0.1) is 19.8 Å². The molecule has 1 aromatic rings. The highest BCUT2D eigenvalue weighted by molar-refractivity contribution is 5.91. The van der Waals surface area contributed by atoms with Crippen LogP contribution in [0.15, 0.2) is 0 Å². The summed E-state index contributed by atoms with van der Waals surface area (Å²) >= 11 is 0. The maximum atomic E-state index is 12.1. The van der Waals surface area contributed by atoms with Crippen LogP contribution in [0.4, 0.5) is 10.5 Å². The van der Waals surface area contributed by atoms with Crippen LogP contribution in [0.1, 0.15) is 24.2 Å². The predicted molar refractivity (Wildman–Crippen MR) is 69.0 cm³/mol. The van der Waals surface area contributed by atoms with Crippen molar-refractivity contribution in [3.63, 3.8) is 0 Å². The fourth-order valence-corrected chi connectivity index (χ4v) is 2.28. The lowest BCUT2D eigenvalue weighted by Gasteiger charge is -2.30. The van der Waals surface area contributed by atoms with Gasteiger partial charge in [-0.2, -0.15) is 5.10 Å². The number of likely N-dealkylation sites (tertiary alicyclic amines) is 1. The molecular formula is C12H18N4O3. The Labute approximate surface area is 111 Å². The fraction of sp³-hybridized carbons (Fsp3) is 0.583. The van der Waals surface area contributed by atoms with Gasteiger partial charge in [-0.3, -0.25) is 9.89 Å². The van der Waals surface area contributed by atoms with E-state index in [2.05, 4.69) is 15.5 Å². The topological polar surface area (TPSA) is 98.3 Å². The van der Waals surface area contributed by atoms with Gasteiger partial charge in [0.15, 0.2) is 0 Å². The summed E-state index contributed by atoms with van der Waals surface area (Å²) in [5.41, 5.74) is 2.18. The van der Waals surface area contributed by atoms with Gasteiger partial charge in [0.1, 0.15) is 0 Å². The summed E-state index contributed by atoms with van der Waals surface area (Å²) in [4.78, 5) is 24.6. The number of rotatable bonds is 2. The highest BCUT2D eigenvalue weighted by Crippen LogP contribution is 2.20. The van der Waals surface area contributed by atoms with Gasteiger partial charge < -0.3 is 15.3 Å². The van der Waals surface area contributed by atoms with Crippen molar-refractivity contribution in [2.45, 2.75) is 26.7 Å². The number of hydrogen-bond acceptors (Lipinski definition) is 3. The second-order valence-corrected chi connectivity index (χ2v) is 4.86. The molecule has 1 aliphatic rings. The first-order valence-corrected chi connectivity index (χ1v) is 6.29. The summed E-state index contributed by atoms with van der Waals surface area (Å²) in [7, 11) is 0. The molecule has 0 aliphatic carbocycles. The lowest BCUT2D eigenvalue weighted by atomic mass is 9.99. The number of amides is 2. The lowest BCUT2D eigenvalue weighted by Crippen LogP contribution is -2.44. The number of piperidine rings is 1. The molecule has 1 saturated heterocycles. The van der Waals surface area contributed by atoms with E-state index in [9.17, 15) is 9.59 Å². The zero-order chi connectivity index (χ0) is 14.0. The number of nitrogens with zero attached hydrogens (tertiary/aromatic N) is 2. The van der Waals surface area contributed by atoms with E-state index in [-0.39, 0.29) is 12.6 Å². The summed E-state index contributed by atoms with van der Waals surface area (Å²) in [5.74, 6) is -1.31. The van der Waals surface area contributed by atoms with Crippen LogP contribution in [0.5, 0.6) is 0 Å². The molecule has 19 heavy (non-hydrogen) atoms. The second kappa shape index (κ2) is 5.29. The van der Waals surface area contributed by atoms with Crippen molar-refractivity contribution >= 4 is 17.7 Å². The summed E-state index contributed by atoms with van der Waals surface area (Å²) in [6, 6.07) is -0.265. The largest absolute Gasteiger partial charge is 0.481 e. The highest BCUT2D eigenvalue weighted by Gasteiger charge is 2.28. The molecule has 0 spiro atoms. The smallest absolute Gasteiger partial charge is 0.321 e. The van der Waals surface area contributed by atoms with Gasteiger partial charge in [-0.1, -0.05) is 0 Å². The molecule has 7 heteroatoms. The molecule has 2 heterocycles. The van der Waals surface area contributed by atoms with Crippen LogP contribution in [-0.4, -0.2) is 45.3 Å². The van der Waals surface area contributed by atoms with Gasteiger partial charge in [0, 0.05) is 13.1 Å². The normalized spacial score (nSPS) is 19.3. The van der Waals surface area contributed by atoms with Crippen LogP contribution in [0.3, 0.4) is 0 Å². The second-order valence-electron chi connectivity index (χ2n) is 4.86. The van der Waals surface area contributed by atoms with Crippen LogP contribution in [0.2, 0.25) is 0 Å².